The van der Waals surface area contributed by atoms with Gasteiger partial charge in [-0.1, -0.05) is 49.7 Å². The summed E-state index contributed by atoms with van der Waals surface area (Å²) in [5.41, 5.74) is 2.16. The average Bonchev–Trinajstić information content (AvgIpc) is 2.61. The van der Waals surface area contributed by atoms with Crippen LogP contribution < -0.4 is 10.6 Å². The molecule has 2 N–H and O–H groups in total. The van der Waals surface area contributed by atoms with Crippen molar-refractivity contribution in [2.75, 3.05) is 17.6 Å². The first-order valence-corrected chi connectivity index (χ1v) is 9.98. The van der Waals surface area contributed by atoms with Gasteiger partial charge in [0.25, 0.3) is 5.91 Å². The largest absolute Gasteiger partial charge is 0.352 e. The van der Waals surface area contributed by atoms with E-state index >= 15 is 0 Å². The summed E-state index contributed by atoms with van der Waals surface area (Å²) in [6.07, 6.45) is 0. The van der Waals surface area contributed by atoms with Gasteiger partial charge in [-0.2, -0.15) is 0 Å². The lowest BCUT2D eigenvalue weighted by Crippen LogP contribution is -2.27. The number of halogens is 1. The Bertz CT molecular complexity index is 765. The molecule has 2 aromatic carbocycles. The van der Waals surface area contributed by atoms with Gasteiger partial charge < -0.3 is 10.6 Å². The van der Waals surface area contributed by atoms with Gasteiger partial charge in [0.1, 0.15) is 0 Å². The van der Waals surface area contributed by atoms with Crippen molar-refractivity contribution in [1.82, 2.24) is 5.32 Å². The van der Waals surface area contributed by atoms with Crippen molar-refractivity contribution in [3.8, 4) is 0 Å². The van der Waals surface area contributed by atoms with Crippen LogP contribution in [0.5, 0.6) is 0 Å². The van der Waals surface area contributed by atoms with Gasteiger partial charge in [0.15, 0.2) is 0 Å². The molecule has 6 heteroatoms. The van der Waals surface area contributed by atoms with Gasteiger partial charge in [0.05, 0.1) is 5.75 Å². The van der Waals surface area contributed by atoms with E-state index in [-0.39, 0.29) is 11.8 Å². The number of anilines is 1. The summed E-state index contributed by atoms with van der Waals surface area (Å²) >= 11 is 7.60. The van der Waals surface area contributed by atoms with E-state index in [1.54, 1.807) is 24.3 Å². The highest BCUT2D eigenvalue weighted by Crippen LogP contribution is 2.21. The average molecular weight is 391 g/mol. The van der Waals surface area contributed by atoms with Crippen molar-refractivity contribution in [3.63, 3.8) is 0 Å². The number of hydrogen-bond acceptors (Lipinski definition) is 3. The quantitative estimate of drug-likeness (QED) is 0.692. The topological polar surface area (TPSA) is 58.2 Å². The van der Waals surface area contributed by atoms with Crippen LogP contribution in [0.2, 0.25) is 5.02 Å². The van der Waals surface area contributed by atoms with E-state index in [4.69, 9.17) is 11.6 Å². The molecule has 138 valence electrons. The normalized spacial score (nSPS) is 10.6. The Balaban J connectivity index is 1.84. The molecule has 0 fully saturated rings. The van der Waals surface area contributed by atoms with Gasteiger partial charge in [-0.15, -0.1) is 11.8 Å². The number of thioether (sulfide) groups is 1. The van der Waals surface area contributed by atoms with Crippen molar-refractivity contribution in [2.24, 2.45) is 5.92 Å². The monoisotopic (exact) mass is 390 g/mol. The van der Waals surface area contributed by atoms with Crippen LogP contribution in [-0.4, -0.2) is 24.1 Å². The van der Waals surface area contributed by atoms with Crippen LogP contribution in [0.1, 0.15) is 29.8 Å². The van der Waals surface area contributed by atoms with Gasteiger partial charge >= 0.3 is 0 Å². The lowest BCUT2D eigenvalue weighted by atomic mass is 10.1. The Labute approximate surface area is 163 Å². The molecule has 0 spiro atoms. The van der Waals surface area contributed by atoms with Gasteiger partial charge in [0.2, 0.25) is 5.91 Å². The van der Waals surface area contributed by atoms with Crippen LogP contribution in [0.25, 0.3) is 0 Å². The number of carbonyl (C=O) groups is 2. The third kappa shape index (κ3) is 6.73. The highest BCUT2D eigenvalue weighted by molar-refractivity contribution is 7.99. The number of amides is 2. The molecule has 0 atom stereocenters. The van der Waals surface area contributed by atoms with E-state index in [1.165, 1.54) is 11.8 Å². The van der Waals surface area contributed by atoms with Crippen LogP contribution in [0.15, 0.2) is 48.5 Å². The molecular formula is C20H23ClN2O2S. The Morgan fingerprint density at radius 2 is 1.88 bits per heavy atom. The molecule has 2 rings (SSSR count). The minimum Gasteiger partial charge on any atom is -0.352 e. The number of hydrogen-bond donors (Lipinski definition) is 2. The lowest BCUT2D eigenvalue weighted by molar-refractivity contribution is -0.113. The fourth-order valence-electron chi connectivity index (χ4n) is 2.20. The Hall–Kier alpha value is -1.98. The minimum absolute atomic E-state index is 0.109. The van der Waals surface area contributed by atoms with E-state index in [9.17, 15) is 9.59 Å². The summed E-state index contributed by atoms with van der Waals surface area (Å²) < 4.78 is 0. The zero-order valence-corrected chi connectivity index (χ0v) is 16.5. The van der Waals surface area contributed by atoms with Crippen molar-refractivity contribution in [1.29, 1.82) is 0 Å². The Morgan fingerprint density at radius 3 is 2.62 bits per heavy atom. The summed E-state index contributed by atoms with van der Waals surface area (Å²) in [6.45, 7) is 4.70. The standard InChI is InChI=1S/C20H23ClN2O2S/c1-14(2)11-22-20(25)15-7-5-8-17(10-15)23-19(24)13-26-12-16-6-3-4-9-18(16)21/h3-10,14H,11-13H2,1-2H3,(H,22,25)(H,23,24). The van der Waals surface area contributed by atoms with Crippen molar-refractivity contribution in [3.05, 3.63) is 64.7 Å². The molecule has 0 bridgehead atoms. The molecule has 26 heavy (non-hydrogen) atoms. The van der Waals surface area contributed by atoms with E-state index in [2.05, 4.69) is 10.6 Å². The maximum Gasteiger partial charge on any atom is 0.251 e. The zero-order valence-electron chi connectivity index (χ0n) is 14.9. The predicted octanol–water partition coefficient (Wildman–Crippen LogP) is 4.60. The van der Waals surface area contributed by atoms with Crippen LogP contribution in [0.3, 0.4) is 0 Å². The number of carbonyl (C=O) groups excluding carboxylic acids is 2. The summed E-state index contributed by atoms with van der Waals surface area (Å²) in [5.74, 6) is 1.13. The van der Waals surface area contributed by atoms with E-state index in [0.29, 0.717) is 40.2 Å². The fraction of sp³-hybridized carbons (Fsp3) is 0.300. The highest BCUT2D eigenvalue weighted by atomic mass is 35.5. The van der Waals surface area contributed by atoms with Crippen LogP contribution in [0.4, 0.5) is 5.69 Å². The molecule has 0 aromatic heterocycles. The second kappa shape index (κ2) is 10.2. The van der Waals surface area contributed by atoms with Crippen molar-refractivity contribution < 1.29 is 9.59 Å². The molecule has 0 saturated heterocycles. The van der Waals surface area contributed by atoms with Crippen LogP contribution in [-0.2, 0) is 10.5 Å². The van der Waals surface area contributed by atoms with Gasteiger partial charge in [0, 0.05) is 28.6 Å². The first kappa shape index (κ1) is 20.3. The third-order valence-electron chi connectivity index (χ3n) is 3.53. The first-order chi connectivity index (χ1) is 12.5. The number of benzene rings is 2. The lowest BCUT2D eigenvalue weighted by Gasteiger charge is -2.10. The second-order valence-electron chi connectivity index (χ2n) is 6.32. The van der Waals surface area contributed by atoms with Gasteiger partial charge in [-0.3, -0.25) is 9.59 Å². The second-order valence-corrected chi connectivity index (χ2v) is 7.71. The van der Waals surface area contributed by atoms with E-state index in [1.807, 2.05) is 38.1 Å². The summed E-state index contributed by atoms with van der Waals surface area (Å²) in [6, 6.07) is 14.6. The molecular weight excluding hydrogens is 368 g/mol. The molecule has 0 radical (unpaired) electrons. The Kier molecular flexibility index (Phi) is 8.01. The molecule has 0 aliphatic carbocycles. The van der Waals surface area contributed by atoms with Crippen LogP contribution >= 0.6 is 23.4 Å². The molecule has 0 aliphatic rings. The molecule has 2 amide bonds. The predicted molar refractivity (Wildman–Crippen MR) is 110 cm³/mol. The van der Waals surface area contributed by atoms with Gasteiger partial charge in [-0.05, 0) is 35.7 Å². The van der Waals surface area contributed by atoms with Gasteiger partial charge in [-0.25, -0.2) is 0 Å². The fourth-order valence-corrected chi connectivity index (χ4v) is 3.32. The SMILES string of the molecule is CC(C)CNC(=O)c1cccc(NC(=O)CSCc2ccccc2Cl)c1. The minimum atomic E-state index is -0.136. The molecule has 0 saturated carbocycles. The molecule has 0 heterocycles. The first-order valence-electron chi connectivity index (χ1n) is 8.45. The molecule has 0 unspecified atom stereocenters. The maximum absolute atomic E-state index is 12.1. The van der Waals surface area contributed by atoms with Crippen LogP contribution in [0, 0.1) is 5.92 Å². The summed E-state index contributed by atoms with van der Waals surface area (Å²) in [7, 11) is 0. The van der Waals surface area contributed by atoms with E-state index in [0.717, 1.165) is 5.56 Å². The molecule has 4 nitrogen and oxygen atoms in total. The zero-order chi connectivity index (χ0) is 18.9. The van der Waals surface area contributed by atoms with Crippen molar-refractivity contribution in [2.45, 2.75) is 19.6 Å². The molecule has 0 aliphatic heterocycles. The van der Waals surface area contributed by atoms with E-state index < -0.39 is 0 Å². The highest BCUT2D eigenvalue weighted by Gasteiger charge is 2.09. The summed E-state index contributed by atoms with van der Waals surface area (Å²) in [4.78, 5) is 24.2. The maximum atomic E-state index is 12.1. The Morgan fingerprint density at radius 1 is 1.12 bits per heavy atom. The molecule has 2 aromatic rings. The number of nitrogens with one attached hydrogen (secondary N) is 2. The smallest absolute Gasteiger partial charge is 0.251 e. The third-order valence-corrected chi connectivity index (χ3v) is 4.88. The van der Waals surface area contributed by atoms with Crippen molar-refractivity contribution >= 4 is 40.9 Å². The summed E-state index contributed by atoms with van der Waals surface area (Å²) in [5, 5.41) is 6.41. The number of rotatable bonds is 8.